The Balaban J connectivity index is 1.95. The molecule has 0 aromatic rings. The van der Waals surface area contributed by atoms with Gasteiger partial charge in [0.2, 0.25) is 0 Å². The third-order valence-corrected chi connectivity index (χ3v) is 3.39. The van der Waals surface area contributed by atoms with Crippen molar-refractivity contribution >= 4 is 0 Å². The SMILES string of the molecule is CC(C)(C)[C@@H]1CC[C@@]2(C=CCO2)OC1. The average molecular weight is 196 g/mol. The predicted octanol–water partition coefficient (Wildman–Crippen LogP) is 2.74. The summed E-state index contributed by atoms with van der Waals surface area (Å²) in [7, 11) is 0. The second-order valence-corrected chi connectivity index (χ2v) is 5.44. The van der Waals surface area contributed by atoms with Crippen molar-refractivity contribution in [1.82, 2.24) is 0 Å². The maximum atomic E-state index is 5.86. The number of rotatable bonds is 0. The summed E-state index contributed by atoms with van der Waals surface area (Å²) in [4.78, 5) is 0. The van der Waals surface area contributed by atoms with Gasteiger partial charge in [-0.1, -0.05) is 26.8 Å². The van der Waals surface area contributed by atoms with E-state index in [9.17, 15) is 0 Å². The molecule has 2 nitrogen and oxygen atoms in total. The molecule has 1 fully saturated rings. The first kappa shape index (κ1) is 10.2. The summed E-state index contributed by atoms with van der Waals surface area (Å²) < 4.78 is 11.5. The molecular weight excluding hydrogens is 176 g/mol. The molecule has 1 spiro atoms. The summed E-state index contributed by atoms with van der Waals surface area (Å²) >= 11 is 0. The molecule has 0 saturated carbocycles. The molecule has 2 heteroatoms. The monoisotopic (exact) mass is 196 g/mol. The van der Waals surface area contributed by atoms with Crippen LogP contribution in [0.25, 0.3) is 0 Å². The van der Waals surface area contributed by atoms with Gasteiger partial charge >= 0.3 is 0 Å². The molecule has 2 atom stereocenters. The van der Waals surface area contributed by atoms with E-state index in [4.69, 9.17) is 9.47 Å². The van der Waals surface area contributed by atoms with Gasteiger partial charge in [0, 0.05) is 6.42 Å². The van der Waals surface area contributed by atoms with Crippen LogP contribution in [-0.2, 0) is 9.47 Å². The molecule has 2 rings (SSSR count). The first-order valence-corrected chi connectivity index (χ1v) is 5.47. The summed E-state index contributed by atoms with van der Waals surface area (Å²) in [6, 6.07) is 0. The summed E-state index contributed by atoms with van der Waals surface area (Å²) in [5, 5.41) is 0. The van der Waals surface area contributed by atoms with Gasteiger partial charge in [0.25, 0.3) is 0 Å². The van der Waals surface area contributed by atoms with Crippen LogP contribution in [0.15, 0.2) is 12.2 Å². The Morgan fingerprint density at radius 2 is 2.07 bits per heavy atom. The van der Waals surface area contributed by atoms with E-state index < -0.39 is 0 Å². The smallest absolute Gasteiger partial charge is 0.188 e. The van der Waals surface area contributed by atoms with Crippen LogP contribution in [0.2, 0.25) is 0 Å². The lowest BCUT2D eigenvalue weighted by Crippen LogP contribution is -2.41. The summed E-state index contributed by atoms with van der Waals surface area (Å²) in [5.74, 6) is 0.299. The highest BCUT2D eigenvalue weighted by Crippen LogP contribution is 2.39. The second kappa shape index (κ2) is 3.35. The standard InChI is InChI=1S/C12H20O2/c1-11(2,3)10-5-7-12(14-9-10)6-4-8-13-12/h4,6,10H,5,7-9H2,1-3H3/t10-,12-/m1/s1. The molecule has 2 heterocycles. The molecule has 0 bridgehead atoms. The fraction of sp³-hybridized carbons (Fsp3) is 0.833. The first-order chi connectivity index (χ1) is 6.52. The van der Waals surface area contributed by atoms with Crippen LogP contribution in [0.4, 0.5) is 0 Å². The topological polar surface area (TPSA) is 18.5 Å². The molecule has 1 saturated heterocycles. The molecule has 0 aromatic carbocycles. The van der Waals surface area contributed by atoms with E-state index in [1.165, 1.54) is 6.42 Å². The van der Waals surface area contributed by atoms with Crippen LogP contribution >= 0.6 is 0 Å². The van der Waals surface area contributed by atoms with E-state index in [0.29, 0.717) is 17.9 Å². The minimum atomic E-state index is -0.359. The van der Waals surface area contributed by atoms with Gasteiger partial charge in [0.15, 0.2) is 5.79 Å². The Morgan fingerprint density at radius 1 is 1.29 bits per heavy atom. The average Bonchev–Trinajstić information content (AvgIpc) is 2.53. The maximum Gasteiger partial charge on any atom is 0.188 e. The van der Waals surface area contributed by atoms with Gasteiger partial charge in [-0.05, 0) is 23.8 Å². The lowest BCUT2D eigenvalue weighted by Gasteiger charge is -2.40. The highest BCUT2D eigenvalue weighted by Gasteiger charge is 2.40. The van der Waals surface area contributed by atoms with Gasteiger partial charge in [-0.15, -0.1) is 0 Å². The van der Waals surface area contributed by atoms with Gasteiger partial charge < -0.3 is 9.47 Å². The summed E-state index contributed by atoms with van der Waals surface area (Å²) in [6.07, 6.45) is 6.34. The van der Waals surface area contributed by atoms with Crippen LogP contribution in [-0.4, -0.2) is 19.0 Å². The van der Waals surface area contributed by atoms with Crippen molar-refractivity contribution in [3.63, 3.8) is 0 Å². The number of ether oxygens (including phenoxy) is 2. The van der Waals surface area contributed by atoms with Crippen molar-refractivity contribution in [2.24, 2.45) is 11.3 Å². The van der Waals surface area contributed by atoms with E-state index in [0.717, 1.165) is 13.0 Å². The van der Waals surface area contributed by atoms with Crippen molar-refractivity contribution in [3.8, 4) is 0 Å². The van der Waals surface area contributed by atoms with Crippen LogP contribution in [0.3, 0.4) is 0 Å². The molecule has 80 valence electrons. The number of hydrogen-bond acceptors (Lipinski definition) is 2. The molecule has 0 aliphatic carbocycles. The Bertz CT molecular complexity index is 229. The highest BCUT2D eigenvalue weighted by molar-refractivity contribution is 5.04. The maximum absolute atomic E-state index is 5.86. The molecule has 0 radical (unpaired) electrons. The fourth-order valence-electron chi connectivity index (χ4n) is 2.17. The Kier molecular flexibility index (Phi) is 2.44. The Labute approximate surface area is 86.3 Å². The lowest BCUT2D eigenvalue weighted by atomic mass is 9.76. The van der Waals surface area contributed by atoms with E-state index in [-0.39, 0.29) is 5.79 Å². The minimum absolute atomic E-state index is 0.351. The van der Waals surface area contributed by atoms with Gasteiger partial charge in [-0.3, -0.25) is 0 Å². The van der Waals surface area contributed by atoms with E-state index in [1.807, 2.05) is 0 Å². The molecular formula is C12H20O2. The Hall–Kier alpha value is -0.340. The molecule has 0 aromatic heterocycles. The van der Waals surface area contributed by atoms with E-state index in [2.05, 4.69) is 32.9 Å². The van der Waals surface area contributed by atoms with Gasteiger partial charge in [0.1, 0.15) is 0 Å². The zero-order chi connectivity index (χ0) is 10.2. The molecule has 2 aliphatic heterocycles. The van der Waals surface area contributed by atoms with Gasteiger partial charge in [-0.2, -0.15) is 0 Å². The molecule has 2 aliphatic rings. The molecule has 14 heavy (non-hydrogen) atoms. The van der Waals surface area contributed by atoms with Gasteiger partial charge in [0.05, 0.1) is 13.2 Å². The molecule has 0 amide bonds. The zero-order valence-electron chi connectivity index (χ0n) is 9.38. The predicted molar refractivity (Wildman–Crippen MR) is 56.0 cm³/mol. The van der Waals surface area contributed by atoms with E-state index in [1.54, 1.807) is 0 Å². The first-order valence-electron chi connectivity index (χ1n) is 5.47. The zero-order valence-corrected chi connectivity index (χ0v) is 9.38. The minimum Gasteiger partial charge on any atom is -0.346 e. The van der Waals surface area contributed by atoms with Crippen molar-refractivity contribution in [2.45, 2.75) is 39.4 Å². The normalized spacial score (nSPS) is 38.1. The van der Waals surface area contributed by atoms with Crippen molar-refractivity contribution < 1.29 is 9.47 Å². The second-order valence-electron chi connectivity index (χ2n) is 5.44. The molecule has 0 N–H and O–H groups in total. The third-order valence-electron chi connectivity index (χ3n) is 3.39. The number of hydrogen-bond donors (Lipinski definition) is 0. The quantitative estimate of drug-likeness (QED) is 0.555. The van der Waals surface area contributed by atoms with Crippen LogP contribution in [0.1, 0.15) is 33.6 Å². The van der Waals surface area contributed by atoms with Crippen molar-refractivity contribution in [3.05, 3.63) is 12.2 Å². The largest absolute Gasteiger partial charge is 0.346 e. The lowest BCUT2D eigenvalue weighted by molar-refractivity contribution is -0.227. The highest BCUT2D eigenvalue weighted by atomic mass is 16.7. The fourth-order valence-corrected chi connectivity index (χ4v) is 2.17. The van der Waals surface area contributed by atoms with Crippen molar-refractivity contribution in [1.29, 1.82) is 0 Å². The molecule has 0 unspecified atom stereocenters. The van der Waals surface area contributed by atoms with Crippen molar-refractivity contribution in [2.75, 3.05) is 13.2 Å². The van der Waals surface area contributed by atoms with Gasteiger partial charge in [-0.25, -0.2) is 0 Å². The van der Waals surface area contributed by atoms with Crippen LogP contribution < -0.4 is 0 Å². The van der Waals surface area contributed by atoms with Crippen LogP contribution in [0, 0.1) is 11.3 Å². The summed E-state index contributed by atoms with van der Waals surface area (Å²) in [6.45, 7) is 8.38. The van der Waals surface area contributed by atoms with E-state index >= 15 is 0 Å². The third kappa shape index (κ3) is 1.86. The Morgan fingerprint density at radius 3 is 2.50 bits per heavy atom. The summed E-state index contributed by atoms with van der Waals surface area (Å²) in [5.41, 5.74) is 0.351. The van der Waals surface area contributed by atoms with Crippen LogP contribution in [0.5, 0.6) is 0 Å².